The Bertz CT molecular complexity index is 62.7. The maximum absolute atomic E-state index is 9.23. The standard InChI is InChI=1S/C6H14O3/c1-6(8,3-4-7)5-9-2/h7-8H,3-5H2,1-2H3. The van der Waals surface area contributed by atoms with Crippen LogP contribution in [0, 0.1) is 0 Å². The molecule has 56 valence electrons. The van der Waals surface area contributed by atoms with Crippen LogP contribution < -0.4 is 0 Å². The summed E-state index contributed by atoms with van der Waals surface area (Å²) in [6, 6.07) is 0. The van der Waals surface area contributed by atoms with Gasteiger partial charge in [0.05, 0.1) is 12.2 Å². The van der Waals surface area contributed by atoms with Gasteiger partial charge < -0.3 is 14.9 Å². The molecule has 0 amide bonds. The van der Waals surface area contributed by atoms with E-state index in [0.717, 1.165) is 0 Å². The minimum Gasteiger partial charge on any atom is -0.396 e. The van der Waals surface area contributed by atoms with Gasteiger partial charge in [-0.1, -0.05) is 0 Å². The second kappa shape index (κ2) is 3.82. The molecule has 0 spiro atoms. The van der Waals surface area contributed by atoms with Crippen LogP contribution in [0.2, 0.25) is 0 Å². The lowest BCUT2D eigenvalue weighted by Gasteiger charge is -2.20. The Kier molecular flexibility index (Phi) is 3.77. The third kappa shape index (κ3) is 4.39. The van der Waals surface area contributed by atoms with E-state index in [4.69, 9.17) is 9.84 Å². The Morgan fingerprint density at radius 1 is 1.56 bits per heavy atom. The summed E-state index contributed by atoms with van der Waals surface area (Å²) < 4.78 is 4.70. The molecule has 3 nitrogen and oxygen atoms in total. The number of ether oxygens (including phenoxy) is 1. The van der Waals surface area contributed by atoms with Gasteiger partial charge in [-0.25, -0.2) is 0 Å². The summed E-state index contributed by atoms with van der Waals surface area (Å²) in [5.74, 6) is 0. The zero-order chi connectivity index (χ0) is 7.33. The molecule has 1 unspecified atom stereocenters. The van der Waals surface area contributed by atoms with Crippen molar-refractivity contribution < 1.29 is 14.9 Å². The SMILES string of the molecule is COCC(C)(O)CCO. The topological polar surface area (TPSA) is 49.7 Å². The van der Waals surface area contributed by atoms with Gasteiger partial charge in [-0.3, -0.25) is 0 Å². The van der Waals surface area contributed by atoms with Crippen LogP contribution in [-0.4, -0.2) is 36.1 Å². The molecular weight excluding hydrogens is 120 g/mol. The first-order valence-electron chi connectivity index (χ1n) is 2.94. The summed E-state index contributed by atoms with van der Waals surface area (Å²) in [6.07, 6.45) is 0.362. The van der Waals surface area contributed by atoms with Gasteiger partial charge in [-0.2, -0.15) is 0 Å². The molecule has 3 heteroatoms. The first-order valence-corrected chi connectivity index (χ1v) is 2.94. The fraction of sp³-hybridized carbons (Fsp3) is 1.00. The van der Waals surface area contributed by atoms with Crippen molar-refractivity contribution in [2.24, 2.45) is 0 Å². The molecule has 0 saturated heterocycles. The van der Waals surface area contributed by atoms with Crippen LogP contribution in [0.4, 0.5) is 0 Å². The average molecular weight is 134 g/mol. The zero-order valence-corrected chi connectivity index (χ0v) is 5.92. The Morgan fingerprint density at radius 2 is 2.11 bits per heavy atom. The molecule has 0 rings (SSSR count). The Morgan fingerprint density at radius 3 is 2.44 bits per heavy atom. The van der Waals surface area contributed by atoms with Crippen molar-refractivity contribution in [2.45, 2.75) is 18.9 Å². The van der Waals surface area contributed by atoms with Gasteiger partial charge in [0.25, 0.3) is 0 Å². The summed E-state index contributed by atoms with van der Waals surface area (Å²) in [5.41, 5.74) is -0.872. The lowest BCUT2D eigenvalue weighted by Crippen LogP contribution is -2.31. The number of aliphatic hydroxyl groups excluding tert-OH is 1. The molecule has 0 fully saturated rings. The van der Waals surface area contributed by atoms with E-state index < -0.39 is 5.60 Å². The summed E-state index contributed by atoms with van der Waals surface area (Å²) in [6.45, 7) is 1.90. The Hall–Kier alpha value is -0.120. The quantitative estimate of drug-likeness (QED) is 0.558. The highest BCUT2D eigenvalue weighted by Gasteiger charge is 2.18. The molecule has 0 saturated carbocycles. The normalized spacial score (nSPS) is 17.3. The summed E-state index contributed by atoms with van der Waals surface area (Å²) in [5, 5.41) is 17.6. The van der Waals surface area contributed by atoms with Crippen LogP contribution in [0.25, 0.3) is 0 Å². The zero-order valence-electron chi connectivity index (χ0n) is 5.92. The van der Waals surface area contributed by atoms with Gasteiger partial charge in [-0.15, -0.1) is 0 Å². The number of rotatable bonds is 4. The molecule has 0 heterocycles. The predicted molar refractivity (Wildman–Crippen MR) is 34.2 cm³/mol. The van der Waals surface area contributed by atoms with Crippen molar-refractivity contribution in [2.75, 3.05) is 20.3 Å². The van der Waals surface area contributed by atoms with Crippen LogP contribution in [0.3, 0.4) is 0 Å². The molecule has 0 aromatic heterocycles. The van der Waals surface area contributed by atoms with E-state index in [1.54, 1.807) is 6.92 Å². The predicted octanol–water partition coefficient (Wildman–Crippen LogP) is -0.234. The van der Waals surface area contributed by atoms with E-state index in [9.17, 15) is 5.11 Å². The molecule has 1 atom stereocenters. The largest absolute Gasteiger partial charge is 0.396 e. The van der Waals surface area contributed by atoms with Crippen LogP contribution in [0.5, 0.6) is 0 Å². The highest BCUT2D eigenvalue weighted by atomic mass is 16.5. The van der Waals surface area contributed by atoms with Gasteiger partial charge in [0.1, 0.15) is 0 Å². The average Bonchev–Trinajstić information content (AvgIpc) is 1.64. The van der Waals surface area contributed by atoms with E-state index in [-0.39, 0.29) is 13.2 Å². The van der Waals surface area contributed by atoms with Crippen molar-refractivity contribution in [1.82, 2.24) is 0 Å². The van der Waals surface area contributed by atoms with Gasteiger partial charge in [-0.05, 0) is 6.92 Å². The van der Waals surface area contributed by atoms with Crippen molar-refractivity contribution in [3.63, 3.8) is 0 Å². The lowest BCUT2D eigenvalue weighted by atomic mass is 10.1. The van der Waals surface area contributed by atoms with Crippen molar-refractivity contribution in [1.29, 1.82) is 0 Å². The smallest absolute Gasteiger partial charge is 0.0873 e. The summed E-state index contributed by atoms with van der Waals surface area (Å²) in [7, 11) is 1.52. The van der Waals surface area contributed by atoms with Gasteiger partial charge in [0.2, 0.25) is 0 Å². The van der Waals surface area contributed by atoms with Gasteiger partial charge >= 0.3 is 0 Å². The second-order valence-corrected chi connectivity index (χ2v) is 2.40. The monoisotopic (exact) mass is 134 g/mol. The molecule has 2 N–H and O–H groups in total. The van der Waals surface area contributed by atoms with Crippen LogP contribution >= 0.6 is 0 Å². The number of aliphatic hydroxyl groups is 2. The Labute approximate surface area is 55.3 Å². The van der Waals surface area contributed by atoms with Gasteiger partial charge in [0.15, 0.2) is 0 Å². The molecular formula is C6H14O3. The van der Waals surface area contributed by atoms with E-state index in [1.165, 1.54) is 7.11 Å². The Balaban J connectivity index is 3.43. The third-order valence-corrected chi connectivity index (χ3v) is 1.11. The minimum absolute atomic E-state index is 0.00361. The molecule has 0 aliphatic rings. The molecule has 0 aliphatic carbocycles. The number of hydrogen-bond donors (Lipinski definition) is 2. The van der Waals surface area contributed by atoms with Gasteiger partial charge in [0, 0.05) is 20.1 Å². The first-order chi connectivity index (χ1) is 4.12. The number of hydrogen-bond acceptors (Lipinski definition) is 3. The molecule has 0 aromatic carbocycles. The van der Waals surface area contributed by atoms with Crippen LogP contribution in [-0.2, 0) is 4.74 Å². The van der Waals surface area contributed by atoms with Crippen LogP contribution in [0.1, 0.15) is 13.3 Å². The lowest BCUT2D eigenvalue weighted by molar-refractivity contribution is -0.0318. The second-order valence-electron chi connectivity index (χ2n) is 2.40. The first kappa shape index (κ1) is 8.88. The molecule has 0 bridgehead atoms. The third-order valence-electron chi connectivity index (χ3n) is 1.11. The number of methoxy groups -OCH3 is 1. The van der Waals surface area contributed by atoms with E-state index >= 15 is 0 Å². The molecule has 9 heavy (non-hydrogen) atoms. The maximum atomic E-state index is 9.23. The van der Waals surface area contributed by atoms with Crippen molar-refractivity contribution in [3.05, 3.63) is 0 Å². The molecule has 0 aromatic rings. The highest BCUT2D eigenvalue weighted by molar-refractivity contribution is 4.70. The molecule has 0 radical (unpaired) electrons. The van der Waals surface area contributed by atoms with Crippen LogP contribution in [0.15, 0.2) is 0 Å². The van der Waals surface area contributed by atoms with E-state index in [1.807, 2.05) is 0 Å². The summed E-state index contributed by atoms with van der Waals surface area (Å²) in [4.78, 5) is 0. The maximum Gasteiger partial charge on any atom is 0.0873 e. The van der Waals surface area contributed by atoms with E-state index in [2.05, 4.69) is 0 Å². The summed E-state index contributed by atoms with van der Waals surface area (Å²) >= 11 is 0. The fourth-order valence-electron chi connectivity index (χ4n) is 0.624. The van der Waals surface area contributed by atoms with Crippen molar-refractivity contribution >= 4 is 0 Å². The van der Waals surface area contributed by atoms with E-state index in [0.29, 0.717) is 6.42 Å². The fourth-order valence-corrected chi connectivity index (χ4v) is 0.624. The van der Waals surface area contributed by atoms with Crippen molar-refractivity contribution in [3.8, 4) is 0 Å². The molecule has 0 aliphatic heterocycles. The minimum atomic E-state index is -0.872. The highest BCUT2D eigenvalue weighted by Crippen LogP contribution is 2.07.